The second kappa shape index (κ2) is 4.30. The highest BCUT2D eigenvalue weighted by Gasteiger charge is 2.30. The van der Waals surface area contributed by atoms with Crippen LogP contribution < -0.4 is 0 Å². The minimum Gasteiger partial charge on any atom is -0.373 e. The third kappa shape index (κ3) is 1.94. The van der Waals surface area contributed by atoms with Gasteiger partial charge in [0.2, 0.25) is 0 Å². The highest BCUT2D eigenvalue weighted by molar-refractivity contribution is 9.10. The van der Waals surface area contributed by atoms with Gasteiger partial charge in [-0.2, -0.15) is 11.3 Å². The Hall–Kier alpha value is 0.430. The number of halogens is 2. The van der Waals surface area contributed by atoms with E-state index < -0.39 is 0 Å². The van der Waals surface area contributed by atoms with Gasteiger partial charge in [-0.25, -0.2) is 0 Å². The van der Waals surface area contributed by atoms with Gasteiger partial charge in [0.05, 0.1) is 6.10 Å². The average molecular weight is 282 g/mol. The van der Waals surface area contributed by atoms with Crippen LogP contribution in [0, 0.1) is 5.92 Å². The summed E-state index contributed by atoms with van der Waals surface area (Å²) in [7, 11) is 0. The number of hydrogen-bond donors (Lipinski definition) is 0. The van der Waals surface area contributed by atoms with Crippen LogP contribution in [0.2, 0.25) is 0 Å². The lowest BCUT2D eigenvalue weighted by atomic mass is 9.99. The molecule has 1 fully saturated rings. The molecule has 2 unspecified atom stereocenters. The zero-order chi connectivity index (χ0) is 9.26. The molecule has 0 bridgehead atoms. The van der Waals surface area contributed by atoms with Gasteiger partial charge >= 0.3 is 0 Å². The van der Waals surface area contributed by atoms with E-state index in [1.54, 1.807) is 11.3 Å². The molecular weight excluding hydrogens is 272 g/mol. The summed E-state index contributed by atoms with van der Waals surface area (Å²) in [4.78, 5) is 0. The number of rotatable bonds is 2. The molecule has 13 heavy (non-hydrogen) atoms. The first-order valence-electron chi connectivity index (χ1n) is 4.22. The first kappa shape index (κ1) is 9.97. The molecule has 1 saturated heterocycles. The van der Waals surface area contributed by atoms with Crippen molar-refractivity contribution in [3.63, 3.8) is 0 Å². The summed E-state index contributed by atoms with van der Waals surface area (Å²) >= 11 is 11.1. The third-order valence-electron chi connectivity index (χ3n) is 2.36. The summed E-state index contributed by atoms with van der Waals surface area (Å²) in [6, 6.07) is 0. The molecule has 2 heterocycles. The van der Waals surface area contributed by atoms with Gasteiger partial charge in [-0.3, -0.25) is 0 Å². The third-order valence-corrected chi connectivity index (χ3v) is 4.51. The van der Waals surface area contributed by atoms with Crippen molar-refractivity contribution in [2.24, 2.45) is 5.92 Å². The summed E-state index contributed by atoms with van der Waals surface area (Å²) in [6.07, 6.45) is 1.29. The second-order valence-electron chi connectivity index (χ2n) is 3.17. The molecule has 0 N–H and O–H groups in total. The van der Waals surface area contributed by atoms with E-state index in [9.17, 15) is 0 Å². The Balaban J connectivity index is 2.20. The SMILES string of the molecule is ClCC1CCOC1c1cscc1Br. The van der Waals surface area contributed by atoms with Gasteiger partial charge in [-0.15, -0.1) is 11.6 Å². The fourth-order valence-corrected chi connectivity index (χ4v) is 3.49. The van der Waals surface area contributed by atoms with E-state index >= 15 is 0 Å². The van der Waals surface area contributed by atoms with E-state index in [0.717, 1.165) is 17.5 Å². The van der Waals surface area contributed by atoms with E-state index in [4.69, 9.17) is 16.3 Å². The van der Waals surface area contributed by atoms with Crippen molar-refractivity contribution in [2.45, 2.75) is 12.5 Å². The predicted octanol–water partition coefficient (Wildman–Crippen LogP) is 3.83. The van der Waals surface area contributed by atoms with Crippen LogP contribution in [0.5, 0.6) is 0 Å². The fraction of sp³-hybridized carbons (Fsp3) is 0.556. The van der Waals surface area contributed by atoms with Crippen molar-refractivity contribution in [3.05, 3.63) is 20.8 Å². The Morgan fingerprint density at radius 3 is 3.08 bits per heavy atom. The molecule has 0 aliphatic carbocycles. The van der Waals surface area contributed by atoms with Crippen LogP contribution in [-0.4, -0.2) is 12.5 Å². The number of ether oxygens (including phenoxy) is 1. The molecule has 0 saturated carbocycles. The molecule has 0 amide bonds. The molecule has 0 spiro atoms. The van der Waals surface area contributed by atoms with E-state index in [1.165, 1.54) is 5.56 Å². The van der Waals surface area contributed by atoms with Gasteiger partial charge in [0.25, 0.3) is 0 Å². The molecule has 1 nitrogen and oxygen atoms in total. The molecule has 0 aromatic carbocycles. The van der Waals surface area contributed by atoms with Crippen LogP contribution in [0.4, 0.5) is 0 Å². The first-order valence-corrected chi connectivity index (χ1v) is 6.49. The molecule has 1 aliphatic rings. The molecule has 0 radical (unpaired) electrons. The van der Waals surface area contributed by atoms with Gasteiger partial charge < -0.3 is 4.74 Å². The maximum atomic E-state index is 5.88. The van der Waals surface area contributed by atoms with Gasteiger partial charge in [-0.1, -0.05) is 0 Å². The van der Waals surface area contributed by atoms with Crippen LogP contribution in [0.1, 0.15) is 18.1 Å². The van der Waals surface area contributed by atoms with Crippen molar-refractivity contribution in [2.75, 3.05) is 12.5 Å². The van der Waals surface area contributed by atoms with Gasteiger partial charge in [-0.05, 0) is 27.7 Å². The lowest BCUT2D eigenvalue weighted by Gasteiger charge is -2.15. The van der Waals surface area contributed by atoms with Crippen molar-refractivity contribution in [1.82, 2.24) is 0 Å². The largest absolute Gasteiger partial charge is 0.373 e. The number of alkyl halides is 1. The normalized spacial score (nSPS) is 28.2. The maximum absolute atomic E-state index is 5.88. The van der Waals surface area contributed by atoms with Crippen molar-refractivity contribution < 1.29 is 4.74 Å². The molecule has 1 aliphatic heterocycles. The molecule has 2 atom stereocenters. The summed E-state index contributed by atoms with van der Waals surface area (Å²) in [5.74, 6) is 1.17. The summed E-state index contributed by atoms with van der Waals surface area (Å²) in [5.41, 5.74) is 1.26. The second-order valence-corrected chi connectivity index (χ2v) is 5.08. The topological polar surface area (TPSA) is 9.23 Å². The average Bonchev–Trinajstić information content (AvgIpc) is 2.71. The summed E-state index contributed by atoms with van der Waals surface area (Å²) < 4.78 is 6.83. The highest BCUT2D eigenvalue weighted by atomic mass is 79.9. The van der Waals surface area contributed by atoms with Crippen LogP contribution in [0.25, 0.3) is 0 Å². The quantitative estimate of drug-likeness (QED) is 0.749. The van der Waals surface area contributed by atoms with Gasteiger partial charge in [0.15, 0.2) is 0 Å². The fourth-order valence-electron chi connectivity index (χ4n) is 1.63. The lowest BCUT2D eigenvalue weighted by molar-refractivity contribution is 0.0950. The Labute approximate surface area is 95.2 Å². The van der Waals surface area contributed by atoms with Gasteiger partial charge in [0.1, 0.15) is 0 Å². The Kier molecular flexibility index (Phi) is 3.30. The number of hydrogen-bond acceptors (Lipinski definition) is 2. The van der Waals surface area contributed by atoms with Crippen molar-refractivity contribution >= 4 is 38.9 Å². The Morgan fingerprint density at radius 1 is 1.62 bits per heavy atom. The predicted molar refractivity (Wildman–Crippen MR) is 59.5 cm³/mol. The van der Waals surface area contributed by atoms with E-state index in [0.29, 0.717) is 11.8 Å². The molecule has 72 valence electrons. The zero-order valence-corrected chi connectivity index (χ0v) is 10.2. The smallest absolute Gasteiger partial charge is 0.0884 e. The summed E-state index contributed by atoms with van der Waals surface area (Å²) in [6.45, 7) is 0.838. The zero-order valence-electron chi connectivity index (χ0n) is 7.00. The van der Waals surface area contributed by atoms with Crippen LogP contribution in [-0.2, 0) is 4.74 Å². The standard InChI is InChI=1S/C9H10BrClOS/c10-8-5-13-4-7(8)9-6(3-11)1-2-12-9/h4-6,9H,1-3H2. The highest BCUT2D eigenvalue weighted by Crippen LogP contribution is 2.39. The minimum atomic E-state index is 0.207. The van der Waals surface area contributed by atoms with Crippen molar-refractivity contribution in [3.8, 4) is 0 Å². The maximum Gasteiger partial charge on any atom is 0.0884 e. The van der Waals surface area contributed by atoms with E-state index in [1.807, 2.05) is 0 Å². The molecule has 1 aromatic rings. The molecule has 2 rings (SSSR count). The minimum absolute atomic E-state index is 0.207. The van der Waals surface area contributed by atoms with E-state index in [-0.39, 0.29) is 6.10 Å². The lowest BCUT2D eigenvalue weighted by Crippen LogP contribution is -2.08. The first-order chi connectivity index (χ1) is 6.33. The van der Waals surface area contributed by atoms with E-state index in [2.05, 4.69) is 26.7 Å². The summed E-state index contributed by atoms with van der Waals surface area (Å²) in [5, 5.41) is 4.22. The molecular formula is C9H10BrClOS. The molecule has 4 heteroatoms. The van der Waals surface area contributed by atoms with Crippen LogP contribution in [0.3, 0.4) is 0 Å². The van der Waals surface area contributed by atoms with Crippen LogP contribution in [0.15, 0.2) is 15.2 Å². The number of thiophene rings is 1. The van der Waals surface area contributed by atoms with Crippen LogP contribution >= 0.6 is 38.9 Å². The van der Waals surface area contributed by atoms with Gasteiger partial charge in [0, 0.05) is 33.8 Å². The monoisotopic (exact) mass is 280 g/mol. The Morgan fingerprint density at radius 2 is 2.46 bits per heavy atom. The van der Waals surface area contributed by atoms with Crippen molar-refractivity contribution in [1.29, 1.82) is 0 Å². The Bertz CT molecular complexity index is 289. The molecule has 1 aromatic heterocycles.